The van der Waals surface area contributed by atoms with Gasteiger partial charge in [0, 0.05) is 12.7 Å². The predicted molar refractivity (Wildman–Crippen MR) is 55.6 cm³/mol. The van der Waals surface area contributed by atoms with E-state index in [1.165, 1.54) is 12.3 Å². The van der Waals surface area contributed by atoms with Crippen LogP contribution in [0.3, 0.4) is 0 Å². The zero-order valence-corrected chi connectivity index (χ0v) is 7.91. The molecule has 15 heavy (non-hydrogen) atoms. The molecule has 6 nitrogen and oxygen atoms in total. The second kappa shape index (κ2) is 3.82. The topological polar surface area (TPSA) is 96.5 Å². The average molecular weight is 208 g/mol. The summed E-state index contributed by atoms with van der Waals surface area (Å²) >= 11 is 0. The van der Waals surface area contributed by atoms with Crippen molar-refractivity contribution >= 4 is 20.1 Å². The Morgan fingerprint density at radius 2 is 1.80 bits per heavy atom. The molecule has 8 heteroatoms. The van der Waals surface area contributed by atoms with E-state index >= 15 is 0 Å². The molecule has 0 aromatic rings. The SMILES string of the molecule is OB(O)C1=CC2=NCCN2C=C1B(O)O. The van der Waals surface area contributed by atoms with Crippen LogP contribution < -0.4 is 0 Å². The summed E-state index contributed by atoms with van der Waals surface area (Å²) in [7, 11) is -3.45. The number of allylic oxidation sites excluding steroid dienone is 2. The smallest absolute Gasteiger partial charge is 0.423 e. The molecule has 0 radical (unpaired) electrons. The molecule has 2 rings (SSSR count). The Kier molecular flexibility index (Phi) is 2.66. The van der Waals surface area contributed by atoms with Crippen molar-refractivity contribution in [1.29, 1.82) is 0 Å². The van der Waals surface area contributed by atoms with Gasteiger partial charge in [0.15, 0.2) is 0 Å². The molecule has 78 valence electrons. The van der Waals surface area contributed by atoms with Crippen molar-refractivity contribution in [2.45, 2.75) is 0 Å². The summed E-state index contributed by atoms with van der Waals surface area (Å²) in [5.74, 6) is 0.613. The van der Waals surface area contributed by atoms with E-state index in [1.807, 2.05) is 0 Å². The van der Waals surface area contributed by atoms with Gasteiger partial charge in [0.25, 0.3) is 0 Å². The van der Waals surface area contributed by atoms with E-state index in [2.05, 4.69) is 4.99 Å². The van der Waals surface area contributed by atoms with Crippen LogP contribution in [0.2, 0.25) is 0 Å². The minimum absolute atomic E-state index is 0.0712. The van der Waals surface area contributed by atoms with Gasteiger partial charge >= 0.3 is 14.2 Å². The van der Waals surface area contributed by atoms with Gasteiger partial charge in [0.1, 0.15) is 5.84 Å². The highest BCUT2D eigenvalue weighted by Crippen LogP contribution is 2.21. The molecule has 0 aromatic carbocycles. The van der Waals surface area contributed by atoms with Crippen molar-refractivity contribution in [2.75, 3.05) is 13.1 Å². The van der Waals surface area contributed by atoms with Crippen molar-refractivity contribution in [3.8, 4) is 0 Å². The zero-order valence-electron chi connectivity index (χ0n) is 7.91. The third-order valence-electron chi connectivity index (χ3n) is 2.38. The van der Waals surface area contributed by atoms with Crippen molar-refractivity contribution in [1.82, 2.24) is 4.90 Å². The fourth-order valence-electron chi connectivity index (χ4n) is 1.64. The lowest BCUT2D eigenvalue weighted by molar-refractivity contribution is 0.407. The van der Waals surface area contributed by atoms with E-state index in [0.29, 0.717) is 18.9 Å². The number of rotatable bonds is 2. The van der Waals surface area contributed by atoms with Gasteiger partial charge in [-0.05, 0) is 17.0 Å². The van der Waals surface area contributed by atoms with Gasteiger partial charge < -0.3 is 25.0 Å². The number of amidine groups is 1. The highest BCUT2D eigenvalue weighted by Gasteiger charge is 2.32. The van der Waals surface area contributed by atoms with Gasteiger partial charge in [-0.15, -0.1) is 0 Å². The summed E-state index contributed by atoms with van der Waals surface area (Å²) in [6, 6.07) is 0. The third kappa shape index (κ3) is 1.84. The van der Waals surface area contributed by atoms with E-state index in [0.717, 1.165) is 0 Å². The molecule has 0 unspecified atom stereocenters. The van der Waals surface area contributed by atoms with Crippen LogP contribution in [0.5, 0.6) is 0 Å². The monoisotopic (exact) mass is 208 g/mol. The molecule has 0 spiro atoms. The van der Waals surface area contributed by atoms with E-state index in [4.69, 9.17) is 20.1 Å². The summed E-state index contributed by atoms with van der Waals surface area (Å²) in [6.45, 7) is 1.28. The van der Waals surface area contributed by atoms with E-state index in [-0.39, 0.29) is 10.9 Å². The number of fused-ring (bicyclic) bond motifs is 1. The maximum absolute atomic E-state index is 9.07. The average Bonchev–Trinajstić information content (AvgIpc) is 2.61. The molecule has 0 amide bonds. The second-order valence-electron chi connectivity index (χ2n) is 3.36. The normalized spacial score (nSPS) is 19.2. The molecular weight excluding hydrogens is 198 g/mol. The Labute approximate surface area is 87.2 Å². The van der Waals surface area contributed by atoms with E-state index < -0.39 is 14.2 Å². The summed E-state index contributed by atoms with van der Waals surface area (Å²) in [5, 5.41) is 36.3. The van der Waals surface area contributed by atoms with Crippen molar-refractivity contribution in [3.63, 3.8) is 0 Å². The molecule has 2 aliphatic heterocycles. The minimum Gasteiger partial charge on any atom is -0.423 e. The summed E-state index contributed by atoms with van der Waals surface area (Å²) < 4.78 is 0. The molecule has 0 bridgehead atoms. The fraction of sp³-hybridized carbons (Fsp3) is 0.286. The van der Waals surface area contributed by atoms with Crippen LogP contribution in [-0.4, -0.2) is 58.2 Å². The van der Waals surface area contributed by atoms with Gasteiger partial charge in [0.05, 0.1) is 6.54 Å². The Morgan fingerprint density at radius 1 is 1.13 bits per heavy atom. The van der Waals surface area contributed by atoms with Gasteiger partial charge in [-0.25, -0.2) is 0 Å². The van der Waals surface area contributed by atoms with Crippen molar-refractivity contribution in [3.05, 3.63) is 23.2 Å². The maximum Gasteiger partial charge on any atom is 0.489 e. The standard InChI is InChI=1S/C7H10B2N2O4/c12-8(13)5-3-7-10-1-2-11(7)4-6(5)9(14)15/h3-4,12-15H,1-2H2. The minimum atomic E-state index is -1.73. The molecule has 4 N–H and O–H groups in total. The van der Waals surface area contributed by atoms with Crippen LogP contribution in [0.1, 0.15) is 0 Å². The number of hydrogen-bond donors (Lipinski definition) is 4. The highest BCUT2D eigenvalue weighted by molar-refractivity contribution is 6.63. The second-order valence-corrected chi connectivity index (χ2v) is 3.36. The third-order valence-corrected chi connectivity index (χ3v) is 2.38. The van der Waals surface area contributed by atoms with Crippen molar-refractivity contribution in [2.24, 2.45) is 4.99 Å². The molecule has 0 aliphatic carbocycles. The molecule has 2 aliphatic rings. The van der Waals surface area contributed by atoms with E-state index in [9.17, 15) is 0 Å². The summed E-state index contributed by atoms with van der Waals surface area (Å²) in [4.78, 5) is 5.86. The lowest BCUT2D eigenvalue weighted by Gasteiger charge is -2.23. The molecule has 0 atom stereocenters. The van der Waals surface area contributed by atoms with Crippen LogP contribution in [0.25, 0.3) is 0 Å². The Morgan fingerprint density at radius 3 is 2.40 bits per heavy atom. The lowest BCUT2D eigenvalue weighted by atomic mass is 9.62. The number of aliphatic imine (C=N–C) groups is 1. The Hall–Kier alpha value is -1.08. The first-order valence-electron chi connectivity index (χ1n) is 4.56. The lowest BCUT2D eigenvalue weighted by Crippen LogP contribution is -2.34. The van der Waals surface area contributed by atoms with Gasteiger partial charge in [-0.3, -0.25) is 4.99 Å². The predicted octanol–water partition coefficient (Wildman–Crippen LogP) is -2.45. The van der Waals surface area contributed by atoms with Crippen molar-refractivity contribution < 1.29 is 20.1 Å². The molecule has 0 saturated carbocycles. The van der Waals surface area contributed by atoms with Gasteiger partial charge in [0.2, 0.25) is 0 Å². The first-order valence-corrected chi connectivity index (χ1v) is 4.56. The number of hydrogen-bond acceptors (Lipinski definition) is 6. The van der Waals surface area contributed by atoms with Crippen LogP contribution in [0.4, 0.5) is 0 Å². The van der Waals surface area contributed by atoms with E-state index in [1.54, 1.807) is 4.90 Å². The van der Waals surface area contributed by atoms with Crippen LogP contribution in [-0.2, 0) is 0 Å². The molecule has 0 fully saturated rings. The Balaban J connectivity index is 2.37. The molecule has 2 heterocycles. The van der Waals surface area contributed by atoms with Gasteiger partial charge in [-0.2, -0.15) is 0 Å². The summed E-state index contributed by atoms with van der Waals surface area (Å²) in [5.41, 5.74) is 0.160. The van der Waals surface area contributed by atoms with Crippen LogP contribution in [0.15, 0.2) is 28.2 Å². The Bertz CT molecular complexity index is 364. The quantitative estimate of drug-likeness (QED) is 0.377. The van der Waals surface area contributed by atoms with Gasteiger partial charge in [-0.1, -0.05) is 0 Å². The zero-order chi connectivity index (χ0) is 11.0. The van der Waals surface area contributed by atoms with Crippen LogP contribution in [0, 0.1) is 0 Å². The fourth-order valence-corrected chi connectivity index (χ4v) is 1.64. The maximum atomic E-state index is 9.07. The molecular formula is C7H10B2N2O4. The molecule has 0 saturated heterocycles. The molecule has 0 aromatic heterocycles. The summed E-state index contributed by atoms with van der Waals surface area (Å²) in [6.07, 6.45) is 2.93. The largest absolute Gasteiger partial charge is 0.489 e. The highest BCUT2D eigenvalue weighted by atomic mass is 16.4. The number of nitrogens with zero attached hydrogens (tertiary/aromatic N) is 2. The first-order chi connectivity index (χ1) is 7.09. The van der Waals surface area contributed by atoms with Crippen LogP contribution >= 0.6 is 0 Å². The first kappa shape index (κ1) is 10.4.